The van der Waals surface area contributed by atoms with Gasteiger partial charge in [-0.15, -0.1) is 0 Å². The van der Waals surface area contributed by atoms with Crippen LogP contribution in [-0.2, 0) is 4.79 Å². The molecule has 5 heteroatoms. The first-order chi connectivity index (χ1) is 10.1. The highest BCUT2D eigenvalue weighted by Gasteiger charge is 2.25. The van der Waals surface area contributed by atoms with Crippen molar-refractivity contribution >= 4 is 17.5 Å². The van der Waals surface area contributed by atoms with E-state index in [0.29, 0.717) is 17.0 Å². The van der Waals surface area contributed by atoms with Gasteiger partial charge in [0.15, 0.2) is 6.23 Å². The van der Waals surface area contributed by atoms with E-state index >= 15 is 0 Å². The minimum absolute atomic E-state index is 0.126. The monoisotopic (exact) mass is 282 g/mol. The number of rotatable bonds is 2. The number of amides is 2. The van der Waals surface area contributed by atoms with Gasteiger partial charge in [0.1, 0.15) is 5.75 Å². The van der Waals surface area contributed by atoms with Crippen LogP contribution < -0.4 is 15.4 Å². The second-order valence-corrected chi connectivity index (χ2v) is 4.77. The van der Waals surface area contributed by atoms with Gasteiger partial charge in [-0.1, -0.05) is 24.3 Å². The number of hydrogen-bond acceptors (Lipinski definition) is 3. The highest BCUT2D eigenvalue weighted by molar-refractivity contribution is 5.98. The van der Waals surface area contributed by atoms with Crippen LogP contribution in [0.3, 0.4) is 0 Å². The molecule has 2 amide bonds. The zero-order valence-corrected chi connectivity index (χ0v) is 11.4. The average molecular weight is 282 g/mol. The Labute approximate surface area is 121 Å². The highest BCUT2D eigenvalue weighted by Crippen LogP contribution is 2.29. The summed E-state index contributed by atoms with van der Waals surface area (Å²) in [6.45, 7) is 1.45. The Morgan fingerprint density at radius 3 is 2.57 bits per heavy atom. The van der Waals surface area contributed by atoms with Gasteiger partial charge in [-0.2, -0.15) is 0 Å². The van der Waals surface area contributed by atoms with Crippen molar-refractivity contribution in [3.8, 4) is 5.75 Å². The number of anilines is 1. The van der Waals surface area contributed by atoms with Crippen molar-refractivity contribution in [2.75, 3.05) is 5.32 Å². The van der Waals surface area contributed by atoms with Crippen molar-refractivity contribution in [3.05, 3.63) is 59.7 Å². The van der Waals surface area contributed by atoms with E-state index in [2.05, 4.69) is 10.6 Å². The van der Waals surface area contributed by atoms with Crippen LogP contribution in [0.1, 0.15) is 29.1 Å². The van der Waals surface area contributed by atoms with Gasteiger partial charge in [-0.05, 0) is 24.3 Å². The van der Waals surface area contributed by atoms with Crippen LogP contribution in [0.5, 0.6) is 5.75 Å². The molecule has 0 saturated carbocycles. The third-order valence-corrected chi connectivity index (χ3v) is 3.17. The van der Waals surface area contributed by atoms with Crippen LogP contribution in [0, 0.1) is 0 Å². The molecule has 2 aromatic carbocycles. The van der Waals surface area contributed by atoms with Gasteiger partial charge in [0.05, 0.1) is 5.56 Å². The average Bonchev–Trinajstić information content (AvgIpc) is 2.47. The van der Waals surface area contributed by atoms with E-state index in [4.69, 9.17) is 4.74 Å². The van der Waals surface area contributed by atoms with E-state index in [1.54, 1.807) is 30.3 Å². The van der Waals surface area contributed by atoms with Gasteiger partial charge in [-0.25, -0.2) is 0 Å². The van der Waals surface area contributed by atoms with Crippen molar-refractivity contribution in [2.45, 2.75) is 13.2 Å². The lowest BCUT2D eigenvalue weighted by atomic mass is 10.1. The Balaban J connectivity index is 1.82. The van der Waals surface area contributed by atoms with Gasteiger partial charge in [0.2, 0.25) is 5.91 Å². The first kappa shape index (κ1) is 13.2. The predicted octanol–water partition coefficient (Wildman–Crippen LogP) is 2.47. The third-order valence-electron chi connectivity index (χ3n) is 3.17. The molecule has 3 rings (SSSR count). The summed E-state index contributed by atoms with van der Waals surface area (Å²) in [4.78, 5) is 23.0. The molecule has 0 spiro atoms. The Morgan fingerprint density at radius 1 is 1.14 bits per heavy atom. The lowest BCUT2D eigenvalue weighted by molar-refractivity contribution is -0.114. The number of carbonyl (C=O) groups is 2. The first-order valence-corrected chi connectivity index (χ1v) is 6.57. The van der Waals surface area contributed by atoms with E-state index in [0.717, 1.165) is 5.56 Å². The number of fused-ring (bicyclic) bond motifs is 1. The summed E-state index contributed by atoms with van der Waals surface area (Å²) in [7, 11) is 0. The second-order valence-electron chi connectivity index (χ2n) is 4.77. The van der Waals surface area contributed by atoms with Crippen LogP contribution in [0.25, 0.3) is 0 Å². The minimum atomic E-state index is -0.529. The summed E-state index contributed by atoms with van der Waals surface area (Å²) in [6.07, 6.45) is -0.529. The molecule has 0 bridgehead atoms. The number of carbonyl (C=O) groups excluding carboxylic acids is 2. The molecule has 2 aromatic rings. The lowest BCUT2D eigenvalue weighted by Gasteiger charge is -2.27. The number of benzene rings is 2. The fourth-order valence-electron chi connectivity index (χ4n) is 2.21. The summed E-state index contributed by atoms with van der Waals surface area (Å²) in [5.41, 5.74) is 2.05. The third kappa shape index (κ3) is 2.72. The van der Waals surface area contributed by atoms with Crippen molar-refractivity contribution in [3.63, 3.8) is 0 Å². The molecule has 0 aliphatic carbocycles. The van der Waals surface area contributed by atoms with Crippen LogP contribution >= 0.6 is 0 Å². The number of para-hydroxylation sites is 1. The van der Waals surface area contributed by atoms with E-state index in [-0.39, 0.29) is 11.8 Å². The van der Waals surface area contributed by atoms with Gasteiger partial charge in [0, 0.05) is 18.2 Å². The zero-order valence-electron chi connectivity index (χ0n) is 11.4. The molecule has 1 aliphatic heterocycles. The molecule has 106 valence electrons. The molecule has 1 aliphatic rings. The molecule has 5 nitrogen and oxygen atoms in total. The highest BCUT2D eigenvalue weighted by atomic mass is 16.5. The van der Waals surface area contributed by atoms with E-state index < -0.39 is 6.23 Å². The Hall–Kier alpha value is -2.82. The van der Waals surface area contributed by atoms with Crippen molar-refractivity contribution < 1.29 is 14.3 Å². The number of ether oxygens (including phenoxy) is 1. The molecule has 0 radical (unpaired) electrons. The van der Waals surface area contributed by atoms with Crippen LogP contribution in [0.4, 0.5) is 5.69 Å². The zero-order chi connectivity index (χ0) is 14.8. The van der Waals surface area contributed by atoms with Crippen LogP contribution in [0.15, 0.2) is 48.5 Å². The maximum Gasteiger partial charge on any atom is 0.258 e. The van der Waals surface area contributed by atoms with Gasteiger partial charge < -0.3 is 15.4 Å². The van der Waals surface area contributed by atoms with Crippen molar-refractivity contribution in [2.24, 2.45) is 0 Å². The fourth-order valence-corrected chi connectivity index (χ4v) is 2.21. The SMILES string of the molecule is CC(=O)Nc1ccc([C@H]2NC(=O)c3ccccc3O2)cc1. The summed E-state index contributed by atoms with van der Waals surface area (Å²) >= 11 is 0. The molecule has 0 fully saturated rings. The summed E-state index contributed by atoms with van der Waals surface area (Å²) in [6, 6.07) is 14.3. The maximum absolute atomic E-state index is 12.0. The molecular formula is C16H14N2O3. The molecule has 0 aromatic heterocycles. The smallest absolute Gasteiger partial charge is 0.258 e. The van der Waals surface area contributed by atoms with E-state index in [1.165, 1.54) is 6.92 Å². The van der Waals surface area contributed by atoms with Crippen LogP contribution in [-0.4, -0.2) is 11.8 Å². The molecule has 0 unspecified atom stereocenters. The van der Waals surface area contributed by atoms with E-state index in [1.807, 2.05) is 18.2 Å². The Kier molecular flexibility index (Phi) is 3.31. The Morgan fingerprint density at radius 2 is 1.86 bits per heavy atom. The predicted molar refractivity (Wildman–Crippen MR) is 78.0 cm³/mol. The van der Waals surface area contributed by atoms with Crippen molar-refractivity contribution in [1.82, 2.24) is 5.32 Å². The normalized spacial score (nSPS) is 16.4. The molecule has 1 heterocycles. The largest absolute Gasteiger partial charge is 0.466 e. The number of hydrogen-bond donors (Lipinski definition) is 2. The van der Waals surface area contributed by atoms with Gasteiger partial charge in [-0.3, -0.25) is 9.59 Å². The molecule has 2 N–H and O–H groups in total. The Bertz CT molecular complexity index is 695. The van der Waals surface area contributed by atoms with Crippen LogP contribution in [0.2, 0.25) is 0 Å². The quantitative estimate of drug-likeness (QED) is 0.889. The summed E-state index contributed by atoms with van der Waals surface area (Å²) in [5, 5.41) is 5.49. The first-order valence-electron chi connectivity index (χ1n) is 6.57. The second kappa shape index (κ2) is 5.28. The van der Waals surface area contributed by atoms with E-state index in [9.17, 15) is 9.59 Å². The molecular weight excluding hydrogens is 268 g/mol. The van der Waals surface area contributed by atoms with Crippen molar-refractivity contribution in [1.29, 1.82) is 0 Å². The topological polar surface area (TPSA) is 67.4 Å². The molecule has 1 atom stereocenters. The molecule has 0 saturated heterocycles. The molecule has 21 heavy (non-hydrogen) atoms. The van der Waals surface area contributed by atoms with Gasteiger partial charge >= 0.3 is 0 Å². The minimum Gasteiger partial charge on any atom is -0.466 e. The summed E-state index contributed by atoms with van der Waals surface area (Å²) < 4.78 is 5.79. The lowest BCUT2D eigenvalue weighted by Crippen LogP contribution is -2.36. The summed E-state index contributed by atoms with van der Waals surface area (Å²) in [5.74, 6) is 0.281. The maximum atomic E-state index is 12.0. The van der Waals surface area contributed by atoms with Gasteiger partial charge in [0.25, 0.3) is 5.91 Å². The standard InChI is InChI=1S/C16H14N2O3/c1-10(19)17-12-8-6-11(7-9-12)16-18-15(20)13-4-2-3-5-14(13)21-16/h2-9,16H,1H3,(H,17,19)(H,18,20)/t16-/m0/s1. The number of nitrogens with one attached hydrogen (secondary N) is 2. The fraction of sp³-hybridized carbons (Fsp3) is 0.125.